The topological polar surface area (TPSA) is 104 Å². The van der Waals surface area contributed by atoms with Gasteiger partial charge in [-0.05, 0) is 24.1 Å². The lowest BCUT2D eigenvalue weighted by molar-refractivity contribution is -0.142. The van der Waals surface area contributed by atoms with Crippen LogP contribution in [0.1, 0.15) is 96.0 Å². The van der Waals surface area contributed by atoms with Gasteiger partial charge in [0.05, 0.1) is 6.42 Å². The Bertz CT molecular complexity index is 656. The van der Waals surface area contributed by atoms with Crippen LogP contribution in [0.3, 0.4) is 0 Å². The monoisotopic (exact) mass is 433 g/mol. The molecule has 0 aliphatic rings. The Morgan fingerprint density at radius 1 is 0.839 bits per heavy atom. The summed E-state index contributed by atoms with van der Waals surface area (Å²) in [7, 11) is 0. The van der Waals surface area contributed by atoms with Gasteiger partial charge in [-0.1, -0.05) is 83.3 Å². The Labute approximate surface area is 186 Å². The maximum absolute atomic E-state index is 12.1. The van der Waals surface area contributed by atoms with Gasteiger partial charge < -0.3 is 15.5 Å². The minimum atomic E-state index is -1.15. The number of aliphatic carboxylic acids is 1. The number of aromatic hydroxyl groups is 1. The molecule has 174 valence electrons. The Balaban J connectivity index is 2.15. The maximum atomic E-state index is 12.1. The number of carbonyl (C=O) groups excluding carboxylic acids is 2. The zero-order valence-electron chi connectivity index (χ0n) is 18.9. The molecule has 0 aliphatic carbocycles. The summed E-state index contributed by atoms with van der Waals surface area (Å²) >= 11 is 0. The Kier molecular flexibility index (Phi) is 14.1. The van der Waals surface area contributed by atoms with Crippen LogP contribution in [0.25, 0.3) is 0 Å². The van der Waals surface area contributed by atoms with Crippen LogP contribution in [0, 0.1) is 0 Å². The van der Waals surface area contributed by atoms with E-state index in [0.29, 0.717) is 12.0 Å². The van der Waals surface area contributed by atoms with Crippen molar-refractivity contribution in [2.45, 2.75) is 103 Å². The molecule has 1 aromatic carbocycles. The molecule has 0 saturated carbocycles. The van der Waals surface area contributed by atoms with Crippen molar-refractivity contribution in [1.82, 2.24) is 5.32 Å². The number of Topliss-reactive ketones (excluding diaryl/α,β-unsaturated/α-hetero) is 1. The van der Waals surface area contributed by atoms with Gasteiger partial charge in [0.25, 0.3) is 0 Å². The van der Waals surface area contributed by atoms with Crippen molar-refractivity contribution in [2.24, 2.45) is 0 Å². The van der Waals surface area contributed by atoms with Gasteiger partial charge in [0, 0.05) is 12.8 Å². The summed E-state index contributed by atoms with van der Waals surface area (Å²) in [5, 5.41) is 21.1. The number of carbonyl (C=O) groups is 3. The molecule has 0 bridgehead atoms. The minimum Gasteiger partial charge on any atom is -0.508 e. The van der Waals surface area contributed by atoms with Crippen LogP contribution in [0.15, 0.2) is 24.3 Å². The lowest BCUT2D eigenvalue weighted by Gasteiger charge is -2.14. The average molecular weight is 434 g/mol. The molecule has 0 aliphatic heterocycles. The zero-order chi connectivity index (χ0) is 22.9. The van der Waals surface area contributed by atoms with E-state index in [1.165, 1.54) is 63.5 Å². The number of rotatable bonds is 18. The van der Waals surface area contributed by atoms with Gasteiger partial charge in [0.2, 0.25) is 5.91 Å². The quantitative estimate of drug-likeness (QED) is 0.219. The molecular weight excluding hydrogens is 394 g/mol. The number of hydrogen-bond acceptors (Lipinski definition) is 4. The fourth-order valence-electron chi connectivity index (χ4n) is 3.57. The van der Waals surface area contributed by atoms with Gasteiger partial charge in [-0.3, -0.25) is 9.59 Å². The summed E-state index contributed by atoms with van der Waals surface area (Å²) in [6.45, 7) is 2.23. The predicted octanol–water partition coefficient (Wildman–Crippen LogP) is 5.16. The summed E-state index contributed by atoms with van der Waals surface area (Å²) in [4.78, 5) is 35.5. The number of phenolic OH excluding ortho intramolecular Hbond substituents is 1. The predicted molar refractivity (Wildman–Crippen MR) is 122 cm³/mol. The smallest absolute Gasteiger partial charge is 0.326 e. The van der Waals surface area contributed by atoms with E-state index in [1.807, 2.05) is 0 Å². The number of benzene rings is 1. The Morgan fingerprint density at radius 3 is 1.87 bits per heavy atom. The molecule has 3 N–H and O–H groups in total. The van der Waals surface area contributed by atoms with Crippen molar-refractivity contribution in [2.75, 3.05) is 0 Å². The second kappa shape index (κ2) is 16.3. The SMILES string of the molecule is CCCCCCCCCCCCCC(=O)CC(=O)N[C@H](Cc1ccc(O)cc1)C(=O)O. The molecule has 0 unspecified atom stereocenters. The number of carboxylic acid groups (broad SMARTS) is 1. The maximum Gasteiger partial charge on any atom is 0.326 e. The standard InChI is InChI=1S/C25H39NO5/c1-2-3-4-5-6-7-8-9-10-11-12-13-22(28)19-24(29)26-23(25(30)31)18-20-14-16-21(27)17-15-20/h14-17,23,27H,2-13,18-19H2,1H3,(H,26,29)(H,30,31)/t23-/m1/s1. The molecule has 1 rings (SSSR count). The first-order valence-corrected chi connectivity index (χ1v) is 11.7. The van der Waals surface area contributed by atoms with Crippen LogP contribution in [0.2, 0.25) is 0 Å². The highest BCUT2D eigenvalue weighted by atomic mass is 16.4. The molecule has 0 saturated heterocycles. The third-order valence-electron chi connectivity index (χ3n) is 5.43. The molecule has 1 aromatic rings. The highest BCUT2D eigenvalue weighted by Crippen LogP contribution is 2.13. The van der Waals surface area contributed by atoms with Gasteiger partial charge in [-0.25, -0.2) is 4.79 Å². The van der Waals surface area contributed by atoms with Crippen molar-refractivity contribution in [1.29, 1.82) is 0 Å². The number of ketones is 1. The van der Waals surface area contributed by atoms with Crippen LogP contribution in [-0.2, 0) is 20.8 Å². The summed E-state index contributed by atoms with van der Waals surface area (Å²) in [5.74, 6) is -1.77. The highest BCUT2D eigenvalue weighted by molar-refractivity contribution is 5.99. The van der Waals surface area contributed by atoms with E-state index < -0.39 is 17.9 Å². The van der Waals surface area contributed by atoms with Crippen LogP contribution in [0.5, 0.6) is 5.75 Å². The molecule has 6 heteroatoms. The second-order valence-corrected chi connectivity index (χ2v) is 8.33. The van der Waals surface area contributed by atoms with Gasteiger partial charge in [0.1, 0.15) is 17.6 Å². The van der Waals surface area contributed by atoms with Gasteiger partial charge in [-0.15, -0.1) is 0 Å². The van der Waals surface area contributed by atoms with Gasteiger partial charge in [-0.2, -0.15) is 0 Å². The molecular formula is C25H39NO5. The largest absolute Gasteiger partial charge is 0.508 e. The van der Waals surface area contributed by atoms with Gasteiger partial charge in [0.15, 0.2) is 0 Å². The molecule has 31 heavy (non-hydrogen) atoms. The third kappa shape index (κ3) is 13.5. The molecule has 0 heterocycles. The van der Waals surface area contributed by atoms with Gasteiger partial charge >= 0.3 is 5.97 Å². The number of unbranched alkanes of at least 4 members (excludes halogenated alkanes) is 10. The highest BCUT2D eigenvalue weighted by Gasteiger charge is 2.21. The summed E-state index contributed by atoms with van der Waals surface area (Å²) in [6.07, 6.45) is 13.4. The fraction of sp³-hybridized carbons (Fsp3) is 0.640. The van der Waals surface area contributed by atoms with E-state index in [0.717, 1.165) is 19.3 Å². The Hall–Kier alpha value is -2.37. The minimum absolute atomic E-state index is 0.0904. The van der Waals surface area contributed by atoms with Crippen molar-refractivity contribution >= 4 is 17.7 Å². The first-order chi connectivity index (χ1) is 14.9. The van der Waals surface area contributed by atoms with Crippen LogP contribution >= 0.6 is 0 Å². The lowest BCUT2D eigenvalue weighted by atomic mass is 10.0. The molecule has 0 fully saturated rings. The van der Waals surface area contributed by atoms with Crippen molar-refractivity contribution in [3.63, 3.8) is 0 Å². The normalized spacial score (nSPS) is 11.8. The molecule has 1 amide bonds. The summed E-state index contributed by atoms with van der Waals surface area (Å²) < 4.78 is 0. The number of nitrogens with one attached hydrogen (secondary N) is 1. The van der Waals surface area contributed by atoms with E-state index in [1.54, 1.807) is 12.1 Å². The summed E-state index contributed by atoms with van der Waals surface area (Å²) in [6, 6.07) is 5.04. The number of hydrogen-bond donors (Lipinski definition) is 3. The van der Waals surface area contributed by atoms with E-state index in [2.05, 4.69) is 12.2 Å². The third-order valence-corrected chi connectivity index (χ3v) is 5.43. The van der Waals surface area contributed by atoms with Crippen molar-refractivity contribution in [3.8, 4) is 5.75 Å². The average Bonchev–Trinajstić information content (AvgIpc) is 2.73. The first-order valence-electron chi connectivity index (χ1n) is 11.7. The molecule has 6 nitrogen and oxygen atoms in total. The molecule has 1 atom stereocenters. The fourth-order valence-corrected chi connectivity index (χ4v) is 3.57. The Morgan fingerprint density at radius 2 is 1.35 bits per heavy atom. The van der Waals surface area contributed by atoms with Crippen LogP contribution < -0.4 is 5.32 Å². The van der Waals surface area contributed by atoms with E-state index >= 15 is 0 Å². The van der Waals surface area contributed by atoms with E-state index in [4.69, 9.17) is 0 Å². The number of amides is 1. The number of phenols is 1. The first kappa shape index (κ1) is 26.7. The van der Waals surface area contributed by atoms with E-state index in [9.17, 15) is 24.6 Å². The van der Waals surface area contributed by atoms with E-state index in [-0.39, 0.29) is 24.4 Å². The lowest BCUT2D eigenvalue weighted by Crippen LogP contribution is -2.42. The van der Waals surface area contributed by atoms with Crippen molar-refractivity contribution < 1.29 is 24.6 Å². The number of carboxylic acids is 1. The zero-order valence-corrected chi connectivity index (χ0v) is 18.9. The van der Waals surface area contributed by atoms with Crippen LogP contribution in [-0.4, -0.2) is 33.9 Å². The summed E-state index contributed by atoms with van der Waals surface area (Å²) in [5.41, 5.74) is 0.679. The van der Waals surface area contributed by atoms with Crippen molar-refractivity contribution in [3.05, 3.63) is 29.8 Å². The van der Waals surface area contributed by atoms with Crippen LogP contribution in [0.4, 0.5) is 0 Å². The molecule has 0 spiro atoms. The second-order valence-electron chi connectivity index (χ2n) is 8.33. The molecule has 0 aromatic heterocycles. The molecule has 0 radical (unpaired) electrons.